The summed E-state index contributed by atoms with van der Waals surface area (Å²) in [4.78, 5) is 9.25. The maximum absolute atomic E-state index is 9.58. The molecule has 0 fully saturated rings. The summed E-state index contributed by atoms with van der Waals surface area (Å²) in [7, 11) is 0. The normalized spacial score (nSPS) is 9.57. The summed E-state index contributed by atoms with van der Waals surface area (Å²) in [5.74, 6) is -0.529. The van der Waals surface area contributed by atoms with Crippen LogP contribution < -0.4 is 0 Å². The van der Waals surface area contributed by atoms with E-state index in [0.29, 0.717) is 5.75 Å². The summed E-state index contributed by atoms with van der Waals surface area (Å²) < 4.78 is 0. The van der Waals surface area contributed by atoms with Gasteiger partial charge in [0, 0.05) is 6.08 Å². The Morgan fingerprint density at radius 2 is 1.62 bits per heavy atom. The number of phenols is 1. The van der Waals surface area contributed by atoms with Gasteiger partial charge < -0.3 is 10.2 Å². The fraction of sp³-hybridized carbons (Fsp3) is 0.500. The number of aromatic hydroxyl groups is 1. The molecule has 0 aliphatic heterocycles. The van der Waals surface area contributed by atoms with Crippen molar-refractivity contribution in [2.75, 3.05) is 0 Å². The second-order valence-electron chi connectivity index (χ2n) is 5.04. The molecule has 3 heteroatoms. The van der Waals surface area contributed by atoms with Crippen LogP contribution in [0.2, 0.25) is 0 Å². The van der Waals surface area contributed by atoms with Crippen molar-refractivity contribution in [1.82, 2.24) is 0 Å². The number of aliphatic carboxylic acids is 1. The smallest absolute Gasteiger partial charge is 0.327 e. The first-order valence-corrected chi connectivity index (χ1v) is 7.74. The molecule has 0 aliphatic rings. The van der Waals surface area contributed by atoms with Crippen LogP contribution in [0.3, 0.4) is 0 Å². The first-order chi connectivity index (χ1) is 10.1. The number of rotatable bonds is 9. The summed E-state index contributed by atoms with van der Waals surface area (Å²) >= 11 is 0. The van der Waals surface area contributed by atoms with Gasteiger partial charge in [0.05, 0.1) is 0 Å². The van der Waals surface area contributed by atoms with Gasteiger partial charge >= 0.3 is 5.97 Å². The zero-order valence-electron chi connectivity index (χ0n) is 13.1. The van der Waals surface area contributed by atoms with Crippen molar-refractivity contribution in [3.63, 3.8) is 0 Å². The van der Waals surface area contributed by atoms with Gasteiger partial charge in [-0.2, -0.15) is 0 Å². The minimum Gasteiger partial charge on any atom is -0.508 e. The second-order valence-corrected chi connectivity index (χ2v) is 5.04. The number of carboxylic acid groups (broad SMARTS) is 1. The van der Waals surface area contributed by atoms with Crippen molar-refractivity contribution in [2.45, 2.75) is 58.3 Å². The third-order valence-corrected chi connectivity index (χ3v) is 3.22. The number of hydrogen-bond donors (Lipinski definition) is 2. The number of carboxylic acids is 1. The Morgan fingerprint density at radius 3 is 2.14 bits per heavy atom. The van der Waals surface area contributed by atoms with Crippen molar-refractivity contribution in [3.8, 4) is 5.75 Å². The summed E-state index contributed by atoms with van der Waals surface area (Å²) in [5.41, 5.74) is 1.09. The monoisotopic (exact) mass is 292 g/mol. The lowest BCUT2D eigenvalue weighted by atomic mass is 10.0. The molecule has 0 aromatic heterocycles. The Hall–Kier alpha value is -1.77. The molecule has 21 heavy (non-hydrogen) atoms. The van der Waals surface area contributed by atoms with Gasteiger partial charge in [-0.3, -0.25) is 0 Å². The molecule has 0 atom stereocenters. The van der Waals surface area contributed by atoms with Gasteiger partial charge in [-0.15, -0.1) is 0 Å². The van der Waals surface area contributed by atoms with Crippen LogP contribution in [0.25, 0.3) is 0 Å². The summed E-state index contributed by atoms with van der Waals surface area (Å²) in [6.45, 7) is 5.21. The highest BCUT2D eigenvalue weighted by molar-refractivity contribution is 5.78. The molecule has 0 saturated heterocycles. The third-order valence-electron chi connectivity index (χ3n) is 3.22. The van der Waals surface area contributed by atoms with Crippen molar-refractivity contribution in [1.29, 1.82) is 0 Å². The SMILES string of the molecule is C=CC(=O)O.CCCCCCCCCc1ccccc1O. The summed E-state index contributed by atoms with van der Waals surface area (Å²) in [5, 5.41) is 17.2. The van der Waals surface area contributed by atoms with Crippen LogP contribution in [-0.2, 0) is 11.2 Å². The molecule has 0 radical (unpaired) electrons. The fourth-order valence-corrected chi connectivity index (χ4v) is 1.99. The topological polar surface area (TPSA) is 57.5 Å². The molecule has 118 valence electrons. The maximum Gasteiger partial charge on any atom is 0.327 e. The number of hydrogen-bond acceptors (Lipinski definition) is 2. The lowest BCUT2D eigenvalue weighted by Gasteiger charge is -2.04. The molecule has 1 aromatic rings. The molecule has 0 heterocycles. The van der Waals surface area contributed by atoms with Crippen LogP contribution in [0.4, 0.5) is 0 Å². The molecular weight excluding hydrogens is 264 g/mol. The van der Waals surface area contributed by atoms with Gasteiger partial charge in [0.2, 0.25) is 0 Å². The fourth-order valence-electron chi connectivity index (χ4n) is 1.99. The van der Waals surface area contributed by atoms with Gasteiger partial charge in [-0.1, -0.05) is 70.2 Å². The molecule has 2 N–H and O–H groups in total. The van der Waals surface area contributed by atoms with E-state index in [1.807, 2.05) is 18.2 Å². The summed E-state index contributed by atoms with van der Waals surface area (Å²) in [6.07, 6.45) is 11.1. The molecule has 0 saturated carbocycles. The second kappa shape index (κ2) is 13.2. The Labute approximate surface area is 128 Å². The average Bonchev–Trinajstić information content (AvgIpc) is 2.48. The molecule has 0 aliphatic carbocycles. The van der Waals surface area contributed by atoms with Gasteiger partial charge in [0.15, 0.2) is 0 Å². The molecule has 1 rings (SSSR count). The van der Waals surface area contributed by atoms with E-state index in [0.717, 1.165) is 18.1 Å². The van der Waals surface area contributed by atoms with E-state index in [1.54, 1.807) is 6.07 Å². The number of aryl methyl sites for hydroxylation is 1. The third kappa shape index (κ3) is 11.7. The molecule has 3 nitrogen and oxygen atoms in total. The highest BCUT2D eigenvalue weighted by Crippen LogP contribution is 2.18. The molecule has 0 bridgehead atoms. The van der Waals surface area contributed by atoms with Crippen LogP contribution in [0.5, 0.6) is 5.75 Å². The van der Waals surface area contributed by atoms with Crippen LogP contribution in [0, 0.1) is 0 Å². The molecule has 0 unspecified atom stereocenters. The molecule has 0 spiro atoms. The maximum atomic E-state index is 9.58. The van der Waals surface area contributed by atoms with E-state index in [2.05, 4.69) is 13.5 Å². The van der Waals surface area contributed by atoms with E-state index in [-0.39, 0.29) is 0 Å². The van der Waals surface area contributed by atoms with Crippen LogP contribution >= 0.6 is 0 Å². The molecule has 0 amide bonds. The molecule has 1 aromatic carbocycles. The Bertz CT molecular complexity index is 399. The van der Waals surface area contributed by atoms with Crippen molar-refractivity contribution in [3.05, 3.63) is 42.5 Å². The lowest BCUT2D eigenvalue weighted by Crippen LogP contribution is -1.87. The number of para-hydroxylation sites is 1. The number of benzene rings is 1. The van der Waals surface area contributed by atoms with E-state index in [4.69, 9.17) is 5.11 Å². The Morgan fingerprint density at radius 1 is 1.10 bits per heavy atom. The van der Waals surface area contributed by atoms with Gasteiger partial charge in [-0.05, 0) is 24.5 Å². The first kappa shape index (κ1) is 19.2. The van der Waals surface area contributed by atoms with Gasteiger partial charge in [-0.25, -0.2) is 4.79 Å². The first-order valence-electron chi connectivity index (χ1n) is 7.74. The average molecular weight is 292 g/mol. The summed E-state index contributed by atoms with van der Waals surface area (Å²) in [6, 6.07) is 7.67. The zero-order valence-corrected chi connectivity index (χ0v) is 13.1. The standard InChI is InChI=1S/C15H24O.C3H4O2/c1-2-3-4-5-6-7-8-11-14-12-9-10-13-15(14)16;1-2-3(4)5/h9-10,12-13,16H,2-8,11H2,1H3;2H,1H2,(H,4,5). The van der Waals surface area contributed by atoms with Gasteiger partial charge in [0.1, 0.15) is 5.75 Å². The van der Waals surface area contributed by atoms with Crippen LogP contribution in [0.15, 0.2) is 36.9 Å². The minimum atomic E-state index is -0.981. The highest BCUT2D eigenvalue weighted by atomic mass is 16.4. The van der Waals surface area contributed by atoms with Crippen LogP contribution in [0.1, 0.15) is 57.4 Å². The minimum absolute atomic E-state index is 0.452. The van der Waals surface area contributed by atoms with Gasteiger partial charge in [0.25, 0.3) is 0 Å². The zero-order chi connectivity index (χ0) is 15.9. The van der Waals surface area contributed by atoms with E-state index in [9.17, 15) is 9.90 Å². The van der Waals surface area contributed by atoms with Crippen molar-refractivity contribution in [2.24, 2.45) is 0 Å². The Balaban J connectivity index is 0.000000690. The van der Waals surface area contributed by atoms with Crippen LogP contribution in [-0.4, -0.2) is 16.2 Å². The number of unbranched alkanes of at least 4 members (excludes halogenated alkanes) is 6. The largest absolute Gasteiger partial charge is 0.508 e. The lowest BCUT2D eigenvalue weighted by molar-refractivity contribution is -0.131. The molecular formula is C18H28O3. The number of phenolic OH excluding ortho intramolecular Hbond substituents is 1. The highest BCUT2D eigenvalue weighted by Gasteiger charge is 1.98. The predicted octanol–water partition coefficient (Wildman–Crippen LogP) is 4.94. The van der Waals surface area contributed by atoms with E-state index >= 15 is 0 Å². The number of carbonyl (C=O) groups is 1. The quantitative estimate of drug-likeness (QED) is 0.500. The predicted molar refractivity (Wildman–Crippen MR) is 87.6 cm³/mol. The van der Waals surface area contributed by atoms with Crippen molar-refractivity contribution < 1.29 is 15.0 Å². The van der Waals surface area contributed by atoms with E-state index < -0.39 is 5.97 Å². The van der Waals surface area contributed by atoms with E-state index in [1.165, 1.54) is 44.9 Å². The Kier molecular flexibility index (Phi) is 12.1. The van der Waals surface area contributed by atoms with Crippen molar-refractivity contribution >= 4 is 5.97 Å².